The van der Waals surface area contributed by atoms with Crippen molar-refractivity contribution in [2.45, 2.75) is 18.9 Å². The van der Waals surface area contributed by atoms with Crippen molar-refractivity contribution in [3.05, 3.63) is 102 Å². The SMILES string of the molecule is COCCOc1cccc(C(=O)NC(C)C(c2ccccc2)c2ccccc2)c1. The van der Waals surface area contributed by atoms with Crippen molar-refractivity contribution >= 4 is 5.91 Å². The molecule has 3 rings (SSSR count). The van der Waals surface area contributed by atoms with Gasteiger partial charge in [-0.15, -0.1) is 0 Å². The molecule has 0 aliphatic rings. The zero-order chi connectivity index (χ0) is 20.5. The fourth-order valence-electron chi connectivity index (χ4n) is 3.43. The number of hydrogen-bond acceptors (Lipinski definition) is 3. The predicted molar refractivity (Wildman–Crippen MR) is 115 cm³/mol. The number of rotatable bonds is 9. The average molecular weight is 389 g/mol. The Morgan fingerprint density at radius 2 is 1.48 bits per heavy atom. The van der Waals surface area contributed by atoms with Crippen LogP contribution in [0.1, 0.15) is 34.3 Å². The molecular formula is C25H27NO3. The van der Waals surface area contributed by atoms with Gasteiger partial charge >= 0.3 is 0 Å². The maximum Gasteiger partial charge on any atom is 0.251 e. The summed E-state index contributed by atoms with van der Waals surface area (Å²) >= 11 is 0. The van der Waals surface area contributed by atoms with Gasteiger partial charge < -0.3 is 14.8 Å². The fraction of sp³-hybridized carbons (Fsp3) is 0.240. The first kappa shape index (κ1) is 20.6. The van der Waals surface area contributed by atoms with Crippen molar-refractivity contribution in [3.63, 3.8) is 0 Å². The van der Waals surface area contributed by atoms with E-state index in [0.717, 1.165) is 0 Å². The Labute approximate surface area is 172 Å². The van der Waals surface area contributed by atoms with Crippen LogP contribution in [0.25, 0.3) is 0 Å². The van der Waals surface area contributed by atoms with Crippen molar-refractivity contribution < 1.29 is 14.3 Å². The van der Waals surface area contributed by atoms with E-state index in [1.54, 1.807) is 19.2 Å². The van der Waals surface area contributed by atoms with E-state index in [9.17, 15) is 4.79 Å². The lowest BCUT2D eigenvalue weighted by atomic mass is 9.85. The van der Waals surface area contributed by atoms with E-state index in [0.29, 0.717) is 24.5 Å². The van der Waals surface area contributed by atoms with Crippen LogP contribution < -0.4 is 10.1 Å². The van der Waals surface area contributed by atoms with Gasteiger partial charge in [0, 0.05) is 24.6 Å². The van der Waals surface area contributed by atoms with Crippen LogP contribution in [0, 0.1) is 0 Å². The van der Waals surface area contributed by atoms with Gasteiger partial charge in [0.05, 0.1) is 6.61 Å². The quantitative estimate of drug-likeness (QED) is 0.542. The zero-order valence-corrected chi connectivity index (χ0v) is 16.9. The van der Waals surface area contributed by atoms with Gasteiger partial charge in [-0.2, -0.15) is 0 Å². The molecule has 4 nitrogen and oxygen atoms in total. The van der Waals surface area contributed by atoms with E-state index < -0.39 is 0 Å². The highest BCUT2D eigenvalue weighted by molar-refractivity contribution is 5.94. The highest BCUT2D eigenvalue weighted by Crippen LogP contribution is 2.28. The first-order valence-electron chi connectivity index (χ1n) is 9.81. The van der Waals surface area contributed by atoms with E-state index in [2.05, 4.69) is 29.6 Å². The number of carbonyl (C=O) groups is 1. The average Bonchev–Trinajstić information content (AvgIpc) is 2.76. The molecule has 1 amide bonds. The molecule has 0 saturated carbocycles. The Bertz CT molecular complexity index is 857. The topological polar surface area (TPSA) is 47.6 Å². The van der Waals surface area contributed by atoms with Gasteiger partial charge in [-0.05, 0) is 36.2 Å². The van der Waals surface area contributed by atoms with Crippen LogP contribution >= 0.6 is 0 Å². The number of methoxy groups -OCH3 is 1. The van der Waals surface area contributed by atoms with Gasteiger partial charge in [0.2, 0.25) is 0 Å². The van der Waals surface area contributed by atoms with Gasteiger partial charge in [-0.1, -0.05) is 66.7 Å². The summed E-state index contributed by atoms with van der Waals surface area (Å²) in [6, 6.07) is 27.7. The van der Waals surface area contributed by atoms with Crippen molar-refractivity contribution in [2.24, 2.45) is 0 Å². The van der Waals surface area contributed by atoms with Crippen molar-refractivity contribution in [3.8, 4) is 5.75 Å². The molecule has 29 heavy (non-hydrogen) atoms. The molecule has 0 spiro atoms. The Morgan fingerprint density at radius 3 is 2.07 bits per heavy atom. The number of amides is 1. The number of ether oxygens (including phenoxy) is 2. The smallest absolute Gasteiger partial charge is 0.251 e. The third kappa shape index (κ3) is 5.69. The minimum atomic E-state index is -0.119. The summed E-state index contributed by atoms with van der Waals surface area (Å²) in [6.45, 7) is 2.99. The largest absolute Gasteiger partial charge is 0.491 e. The monoisotopic (exact) mass is 389 g/mol. The maximum absolute atomic E-state index is 12.9. The molecule has 0 fully saturated rings. The standard InChI is InChI=1S/C25H27NO3/c1-19(24(20-10-5-3-6-11-20)21-12-7-4-8-13-21)26-25(27)22-14-9-15-23(18-22)29-17-16-28-2/h3-15,18-19,24H,16-17H2,1-2H3,(H,26,27). The van der Waals surface area contributed by atoms with Gasteiger partial charge in [0.25, 0.3) is 5.91 Å². The highest BCUT2D eigenvalue weighted by Gasteiger charge is 2.23. The number of carbonyl (C=O) groups excluding carboxylic acids is 1. The summed E-state index contributed by atoms with van der Waals surface area (Å²) < 4.78 is 10.6. The first-order chi connectivity index (χ1) is 14.2. The lowest BCUT2D eigenvalue weighted by Crippen LogP contribution is -2.37. The summed E-state index contributed by atoms with van der Waals surface area (Å²) in [5, 5.41) is 3.17. The maximum atomic E-state index is 12.9. The second kappa shape index (κ2) is 10.4. The number of benzene rings is 3. The molecule has 3 aromatic carbocycles. The summed E-state index contributed by atoms with van der Waals surface area (Å²) in [5.74, 6) is 0.596. The lowest BCUT2D eigenvalue weighted by Gasteiger charge is -2.26. The van der Waals surface area contributed by atoms with Gasteiger partial charge in [0.15, 0.2) is 0 Å². The summed E-state index contributed by atoms with van der Waals surface area (Å²) in [7, 11) is 1.63. The van der Waals surface area contributed by atoms with Crippen LogP contribution in [0.15, 0.2) is 84.9 Å². The minimum Gasteiger partial charge on any atom is -0.491 e. The van der Waals surface area contributed by atoms with Crippen LogP contribution in [0.4, 0.5) is 0 Å². The second-order valence-corrected chi connectivity index (χ2v) is 6.93. The third-order valence-corrected chi connectivity index (χ3v) is 4.83. The van der Waals surface area contributed by atoms with Crippen LogP contribution in [-0.4, -0.2) is 32.3 Å². The zero-order valence-electron chi connectivity index (χ0n) is 16.9. The molecule has 0 aliphatic carbocycles. The summed E-state index contributed by atoms with van der Waals surface area (Å²) in [4.78, 5) is 12.9. The van der Waals surface area contributed by atoms with Crippen LogP contribution in [0.2, 0.25) is 0 Å². The van der Waals surface area contributed by atoms with Gasteiger partial charge in [-0.25, -0.2) is 0 Å². The molecule has 0 radical (unpaired) electrons. The van der Waals surface area contributed by atoms with E-state index in [-0.39, 0.29) is 17.9 Å². The number of nitrogens with one attached hydrogen (secondary N) is 1. The van der Waals surface area contributed by atoms with Crippen molar-refractivity contribution in [2.75, 3.05) is 20.3 Å². The van der Waals surface area contributed by atoms with Gasteiger partial charge in [-0.3, -0.25) is 4.79 Å². The van der Waals surface area contributed by atoms with Crippen LogP contribution in [-0.2, 0) is 4.74 Å². The molecule has 1 unspecified atom stereocenters. The molecule has 0 heterocycles. The Kier molecular flexibility index (Phi) is 7.42. The van der Waals surface area contributed by atoms with Crippen LogP contribution in [0.5, 0.6) is 5.75 Å². The van der Waals surface area contributed by atoms with Crippen molar-refractivity contribution in [1.29, 1.82) is 0 Å². The Balaban J connectivity index is 1.77. The minimum absolute atomic E-state index is 0.0579. The van der Waals surface area contributed by atoms with E-state index >= 15 is 0 Å². The molecule has 1 atom stereocenters. The van der Waals surface area contributed by atoms with Gasteiger partial charge in [0.1, 0.15) is 12.4 Å². The molecule has 0 saturated heterocycles. The highest BCUT2D eigenvalue weighted by atomic mass is 16.5. The van der Waals surface area contributed by atoms with E-state index in [1.165, 1.54) is 11.1 Å². The molecule has 0 aromatic heterocycles. The summed E-state index contributed by atoms with van der Waals surface area (Å²) in [5.41, 5.74) is 2.91. The molecule has 150 valence electrons. The van der Waals surface area contributed by atoms with E-state index in [1.807, 2.05) is 55.5 Å². The number of hydrogen-bond donors (Lipinski definition) is 1. The van der Waals surface area contributed by atoms with Crippen LogP contribution in [0.3, 0.4) is 0 Å². The normalized spacial score (nSPS) is 11.8. The predicted octanol–water partition coefficient (Wildman–Crippen LogP) is 4.66. The van der Waals surface area contributed by atoms with E-state index in [4.69, 9.17) is 9.47 Å². The molecule has 4 heteroatoms. The lowest BCUT2D eigenvalue weighted by molar-refractivity contribution is 0.0936. The molecule has 3 aromatic rings. The first-order valence-corrected chi connectivity index (χ1v) is 9.81. The fourth-order valence-corrected chi connectivity index (χ4v) is 3.43. The Morgan fingerprint density at radius 1 is 0.862 bits per heavy atom. The second-order valence-electron chi connectivity index (χ2n) is 6.93. The molecular weight excluding hydrogens is 362 g/mol. The third-order valence-electron chi connectivity index (χ3n) is 4.83. The van der Waals surface area contributed by atoms with Crippen molar-refractivity contribution in [1.82, 2.24) is 5.32 Å². The molecule has 1 N–H and O–H groups in total. The Hall–Kier alpha value is -3.11. The molecule has 0 aliphatic heterocycles. The summed E-state index contributed by atoms with van der Waals surface area (Å²) in [6.07, 6.45) is 0. The molecule has 0 bridgehead atoms.